The summed E-state index contributed by atoms with van der Waals surface area (Å²) in [7, 11) is 0. The summed E-state index contributed by atoms with van der Waals surface area (Å²) in [5.74, 6) is -1.50. The number of fused-ring (bicyclic) bond motifs is 1. The van der Waals surface area contributed by atoms with E-state index in [0.717, 1.165) is 50.6 Å². The third-order valence-electron chi connectivity index (χ3n) is 6.52. The zero-order valence-electron chi connectivity index (χ0n) is 18.7. The fraction of sp³-hybridized carbons (Fsp3) is 0.179. The fourth-order valence-electron chi connectivity index (χ4n) is 4.90. The van der Waals surface area contributed by atoms with E-state index in [1.807, 2.05) is 36.4 Å². The number of hydrogen-bond donors (Lipinski definition) is 1. The van der Waals surface area contributed by atoms with E-state index in [0.29, 0.717) is 0 Å². The number of benzene rings is 3. The van der Waals surface area contributed by atoms with Crippen LogP contribution < -0.4 is 0 Å². The molecule has 1 aliphatic carbocycles. The molecule has 3 aromatic rings. The smallest absolute Gasteiger partial charge is 0.336 e. The Morgan fingerprint density at radius 1 is 0.914 bits per heavy atom. The van der Waals surface area contributed by atoms with E-state index < -0.39 is 11.9 Å². The average Bonchev–Trinajstić information content (AvgIpc) is 3.26. The molecule has 1 saturated carbocycles. The molecule has 1 fully saturated rings. The number of nitrogens with zero attached hydrogens (tertiary/aromatic N) is 2. The maximum Gasteiger partial charge on any atom is 0.336 e. The van der Waals surface area contributed by atoms with E-state index in [4.69, 9.17) is 5.10 Å². The molecule has 2 unspecified atom stereocenters. The van der Waals surface area contributed by atoms with Crippen molar-refractivity contribution in [1.82, 2.24) is 5.01 Å². The van der Waals surface area contributed by atoms with Gasteiger partial charge < -0.3 is 5.11 Å². The number of carbonyl (C=O) groups is 2. The van der Waals surface area contributed by atoms with Gasteiger partial charge in [0, 0.05) is 14.9 Å². The molecule has 0 aromatic heterocycles. The highest BCUT2D eigenvalue weighted by atomic mass is 79.9. The number of amides is 1. The molecule has 0 saturated heterocycles. The normalized spacial score (nSPS) is 20.5. The minimum absolute atomic E-state index is 0.0206. The second kappa shape index (κ2) is 9.91. The Morgan fingerprint density at radius 3 is 2.20 bits per heavy atom. The van der Waals surface area contributed by atoms with Crippen molar-refractivity contribution in [2.24, 2.45) is 11.0 Å². The van der Waals surface area contributed by atoms with Crippen LogP contribution >= 0.6 is 31.9 Å². The van der Waals surface area contributed by atoms with Gasteiger partial charge in [0.1, 0.15) is 0 Å². The van der Waals surface area contributed by atoms with Crippen molar-refractivity contribution in [3.63, 3.8) is 0 Å². The number of carboxylic acids is 1. The molecule has 35 heavy (non-hydrogen) atoms. The first-order valence-electron chi connectivity index (χ1n) is 11.4. The largest absolute Gasteiger partial charge is 0.478 e. The number of carboxylic acid groups (broad SMARTS) is 1. The number of rotatable bonds is 4. The van der Waals surface area contributed by atoms with E-state index in [1.165, 1.54) is 11.1 Å². The Morgan fingerprint density at radius 2 is 1.54 bits per heavy atom. The second-order valence-corrected chi connectivity index (χ2v) is 10.5. The van der Waals surface area contributed by atoms with Crippen LogP contribution in [0, 0.1) is 5.92 Å². The number of allylic oxidation sites excluding steroid dienone is 1. The van der Waals surface area contributed by atoms with Gasteiger partial charge in [-0.1, -0.05) is 68.3 Å². The summed E-state index contributed by atoms with van der Waals surface area (Å²) in [6, 6.07) is 22.1. The first-order valence-corrected chi connectivity index (χ1v) is 13.0. The molecule has 2 atom stereocenters. The minimum atomic E-state index is -1.13. The van der Waals surface area contributed by atoms with Gasteiger partial charge in [0.15, 0.2) is 0 Å². The van der Waals surface area contributed by atoms with Crippen molar-refractivity contribution < 1.29 is 14.7 Å². The van der Waals surface area contributed by atoms with Gasteiger partial charge in [-0.05, 0) is 78.4 Å². The van der Waals surface area contributed by atoms with E-state index in [1.54, 1.807) is 18.2 Å². The van der Waals surface area contributed by atoms with Crippen molar-refractivity contribution in [2.75, 3.05) is 0 Å². The van der Waals surface area contributed by atoms with Crippen LogP contribution in [0.4, 0.5) is 0 Å². The molecule has 176 valence electrons. The molecule has 3 aromatic carbocycles. The molecule has 1 aliphatic heterocycles. The van der Waals surface area contributed by atoms with Crippen LogP contribution in [-0.4, -0.2) is 27.7 Å². The van der Waals surface area contributed by atoms with E-state index >= 15 is 0 Å². The van der Waals surface area contributed by atoms with Gasteiger partial charge in [0.25, 0.3) is 5.91 Å². The van der Waals surface area contributed by atoms with Crippen LogP contribution in [0.5, 0.6) is 0 Å². The third-order valence-corrected chi connectivity index (χ3v) is 7.58. The van der Waals surface area contributed by atoms with Crippen LogP contribution in [0.1, 0.15) is 57.1 Å². The Bertz CT molecular complexity index is 1350. The lowest BCUT2D eigenvalue weighted by Gasteiger charge is -2.30. The predicted molar refractivity (Wildman–Crippen MR) is 143 cm³/mol. The van der Waals surface area contributed by atoms with Crippen molar-refractivity contribution in [3.05, 3.63) is 110 Å². The van der Waals surface area contributed by atoms with Gasteiger partial charge >= 0.3 is 5.97 Å². The van der Waals surface area contributed by atoms with E-state index in [-0.39, 0.29) is 23.1 Å². The standard InChI is InChI=1S/C28H22Br2N2O3/c29-20-12-8-17(9-13-20)16-19-4-3-7-24-25(19)31-32(26(24)18-10-14-21(30)15-11-18)27(33)22-5-1-2-6-23(22)28(34)35/h1-2,5-6,8-16,24,26H,3-4,7H2,(H,34,35). The number of hydrogen-bond acceptors (Lipinski definition) is 3. The van der Waals surface area contributed by atoms with Crippen LogP contribution in [0.15, 0.2) is 92.4 Å². The topological polar surface area (TPSA) is 70.0 Å². The summed E-state index contributed by atoms with van der Waals surface area (Å²) >= 11 is 6.98. The molecule has 7 heteroatoms. The summed E-state index contributed by atoms with van der Waals surface area (Å²) in [6.07, 6.45) is 4.93. The quantitative estimate of drug-likeness (QED) is 0.344. The summed E-state index contributed by atoms with van der Waals surface area (Å²) < 4.78 is 1.97. The Hall–Kier alpha value is -3.03. The second-order valence-electron chi connectivity index (χ2n) is 8.70. The fourth-order valence-corrected chi connectivity index (χ4v) is 5.43. The van der Waals surface area contributed by atoms with Gasteiger partial charge in [-0.2, -0.15) is 5.10 Å². The molecule has 0 bridgehead atoms. The highest BCUT2D eigenvalue weighted by molar-refractivity contribution is 9.10. The van der Waals surface area contributed by atoms with E-state index in [9.17, 15) is 14.7 Å². The lowest BCUT2D eigenvalue weighted by Crippen LogP contribution is -2.32. The molecule has 1 amide bonds. The summed E-state index contributed by atoms with van der Waals surface area (Å²) in [4.78, 5) is 25.6. The van der Waals surface area contributed by atoms with Crippen molar-refractivity contribution in [2.45, 2.75) is 25.3 Å². The number of hydrazone groups is 1. The molecule has 5 rings (SSSR count). The molecule has 0 spiro atoms. The molecular weight excluding hydrogens is 572 g/mol. The third kappa shape index (κ3) is 4.75. The molecule has 0 radical (unpaired) electrons. The van der Waals surface area contributed by atoms with Crippen LogP contribution in [0.3, 0.4) is 0 Å². The number of aromatic carboxylic acids is 1. The molecule has 1 heterocycles. The van der Waals surface area contributed by atoms with Gasteiger partial charge in [-0.15, -0.1) is 0 Å². The summed E-state index contributed by atoms with van der Waals surface area (Å²) in [6.45, 7) is 0. The maximum absolute atomic E-state index is 13.8. The van der Waals surface area contributed by atoms with Crippen molar-refractivity contribution in [1.29, 1.82) is 0 Å². The van der Waals surface area contributed by atoms with Crippen molar-refractivity contribution >= 4 is 55.5 Å². The van der Waals surface area contributed by atoms with Gasteiger partial charge in [0.05, 0.1) is 22.9 Å². The summed E-state index contributed by atoms with van der Waals surface area (Å²) in [5.41, 5.74) is 4.20. The Kier molecular flexibility index (Phi) is 6.71. The molecule has 1 N–H and O–H groups in total. The lowest BCUT2D eigenvalue weighted by atomic mass is 9.77. The molecule has 5 nitrogen and oxygen atoms in total. The van der Waals surface area contributed by atoms with Gasteiger partial charge in [0.2, 0.25) is 0 Å². The Labute approximate surface area is 220 Å². The number of halogens is 2. The monoisotopic (exact) mass is 592 g/mol. The lowest BCUT2D eigenvalue weighted by molar-refractivity contribution is 0.0646. The Balaban J connectivity index is 1.60. The zero-order chi connectivity index (χ0) is 24.5. The highest BCUT2D eigenvalue weighted by Crippen LogP contribution is 2.45. The van der Waals surface area contributed by atoms with E-state index in [2.05, 4.69) is 50.1 Å². The van der Waals surface area contributed by atoms with Crippen LogP contribution in [-0.2, 0) is 0 Å². The molecular formula is C28H22Br2N2O3. The summed E-state index contributed by atoms with van der Waals surface area (Å²) in [5, 5.41) is 16.1. The molecule has 2 aliphatic rings. The predicted octanol–water partition coefficient (Wildman–Crippen LogP) is 7.35. The minimum Gasteiger partial charge on any atom is -0.478 e. The maximum atomic E-state index is 13.8. The first-order chi connectivity index (χ1) is 16.9. The van der Waals surface area contributed by atoms with Crippen LogP contribution in [0.25, 0.3) is 6.08 Å². The average molecular weight is 594 g/mol. The SMILES string of the molecule is O=C(O)c1ccccc1C(=O)N1N=C2C(=Cc3ccc(Br)cc3)CCCC2C1c1ccc(Br)cc1. The first kappa shape index (κ1) is 23.7. The van der Waals surface area contributed by atoms with Gasteiger partial charge in [-0.25, -0.2) is 9.80 Å². The highest BCUT2D eigenvalue weighted by Gasteiger charge is 2.44. The van der Waals surface area contributed by atoms with Gasteiger partial charge in [-0.3, -0.25) is 4.79 Å². The van der Waals surface area contributed by atoms with Crippen LogP contribution in [0.2, 0.25) is 0 Å². The van der Waals surface area contributed by atoms with Crippen molar-refractivity contribution in [3.8, 4) is 0 Å². The number of carbonyl (C=O) groups excluding carboxylic acids is 1. The zero-order valence-corrected chi connectivity index (χ0v) is 21.9.